The molecular weight excluding hydrogens is 374 g/mol. The van der Waals surface area contributed by atoms with E-state index in [0.717, 1.165) is 36.1 Å². The molecule has 2 aromatic rings. The largest absolute Gasteiger partial charge is 0.336 e. The lowest BCUT2D eigenvalue weighted by Crippen LogP contribution is -2.42. The second-order valence-electron chi connectivity index (χ2n) is 8.54. The first-order chi connectivity index (χ1) is 14.4. The number of carbonyl (C=O) groups is 2. The zero-order chi connectivity index (χ0) is 21.3. The van der Waals surface area contributed by atoms with E-state index < -0.39 is 0 Å². The highest BCUT2D eigenvalue weighted by Crippen LogP contribution is 2.33. The maximum Gasteiger partial charge on any atom is 0.262 e. The molecule has 0 spiro atoms. The Labute approximate surface area is 178 Å². The lowest BCUT2D eigenvalue weighted by molar-refractivity contribution is -0.144. The summed E-state index contributed by atoms with van der Waals surface area (Å²) in [4.78, 5) is 27.3. The molecule has 1 atom stereocenters. The molecule has 5 heteroatoms. The molecule has 2 aliphatic rings. The molecule has 2 amide bonds. The van der Waals surface area contributed by atoms with Crippen molar-refractivity contribution < 1.29 is 9.59 Å². The summed E-state index contributed by atoms with van der Waals surface area (Å²) < 4.78 is 0. The molecule has 1 heterocycles. The molecule has 1 saturated carbocycles. The smallest absolute Gasteiger partial charge is 0.262 e. The predicted molar refractivity (Wildman–Crippen MR) is 118 cm³/mol. The summed E-state index contributed by atoms with van der Waals surface area (Å²) in [5.74, 6) is 0.0159. The first-order valence-corrected chi connectivity index (χ1v) is 10.7. The molecule has 1 aliphatic carbocycles. The Balaban J connectivity index is 1.58. The molecule has 0 bridgehead atoms. The second-order valence-corrected chi connectivity index (χ2v) is 8.54. The first-order valence-electron chi connectivity index (χ1n) is 10.7. The number of likely N-dealkylation sites (N-methyl/N-ethyl adjacent to an activating group) is 1. The third-order valence-corrected chi connectivity index (χ3v) is 6.39. The van der Waals surface area contributed by atoms with E-state index >= 15 is 0 Å². The number of hydrazone groups is 1. The normalized spacial score (nSPS) is 18.7. The van der Waals surface area contributed by atoms with Crippen molar-refractivity contribution in [2.75, 3.05) is 13.6 Å². The third kappa shape index (κ3) is 4.02. The van der Waals surface area contributed by atoms with Gasteiger partial charge in [-0.05, 0) is 55.0 Å². The van der Waals surface area contributed by atoms with Gasteiger partial charge in [-0.1, -0.05) is 48.9 Å². The molecule has 5 nitrogen and oxygen atoms in total. The Bertz CT molecular complexity index is 979. The number of rotatable bonds is 5. The summed E-state index contributed by atoms with van der Waals surface area (Å²) >= 11 is 0. The molecule has 0 aromatic heterocycles. The molecule has 0 radical (unpaired) electrons. The molecular formula is C25H29N3O2. The van der Waals surface area contributed by atoms with Crippen LogP contribution in [0.1, 0.15) is 54.0 Å². The van der Waals surface area contributed by atoms with E-state index in [9.17, 15) is 9.59 Å². The second kappa shape index (κ2) is 8.42. The average molecular weight is 404 g/mol. The molecule has 0 saturated heterocycles. The van der Waals surface area contributed by atoms with Crippen LogP contribution in [0.15, 0.2) is 53.6 Å². The van der Waals surface area contributed by atoms with Crippen molar-refractivity contribution in [2.45, 2.75) is 45.6 Å². The maximum atomic E-state index is 13.2. The van der Waals surface area contributed by atoms with E-state index in [0.29, 0.717) is 6.42 Å². The van der Waals surface area contributed by atoms with Gasteiger partial charge >= 0.3 is 0 Å². The number of hydrogen-bond acceptors (Lipinski definition) is 3. The minimum absolute atomic E-state index is 0.0579. The zero-order valence-corrected chi connectivity index (χ0v) is 18.0. The monoisotopic (exact) mass is 403 g/mol. The van der Waals surface area contributed by atoms with Crippen LogP contribution in [0.2, 0.25) is 0 Å². The Morgan fingerprint density at radius 3 is 2.43 bits per heavy atom. The molecule has 0 N–H and O–H groups in total. The van der Waals surface area contributed by atoms with Crippen molar-refractivity contribution in [3.63, 3.8) is 0 Å². The fourth-order valence-corrected chi connectivity index (χ4v) is 4.09. The van der Waals surface area contributed by atoms with Crippen molar-refractivity contribution in [3.05, 3.63) is 70.8 Å². The maximum absolute atomic E-state index is 13.2. The van der Waals surface area contributed by atoms with Crippen LogP contribution in [0.4, 0.5) is 0 Å². The predicted octanol–water partition coefficient (Wildman–Crippen LogP) is 4.24. The van der Waals surface area contributed by atoms with Crippen molar-refractivity contribution in [3.8, 4) is 0 Å². The molecule has 2 aromatic carbocycles. The van der Waals surface area contributed by atoms with E-state index in [1.54, 1.807) is 17.0 Å². The van der Waals surface area contributed by atoms with Crippen LogP contribution in [0, 0.1) is 19.8 Å². The Morgan fingerprint density at radius 1 is 1.07 bits per heavy atom. The minimum atomic E-state index is -0.150. The summed E-state index contributed by atoms with van der Waals surface area (Å²) in [5.41, 5.74) is 5.46. The Morgan fingerprint density at radius 2 is 1.80 bits per heavy atom. The first kappa shape index (κ1) is 20.3. The number of aryl methyl sites for hydroxylation is 2. The van der Waals surface area contributed by atoms with Crippen molar-refractivity contribution in [1.29, 1.82) is 0 Å². The number of hydrogen-bond donors (Lipinski definition) is 0. The summed E-state index contributed by atoms with van der Waals surface area (Å²) in [6.45, 7) is 4.24. The van der Waals surface area contributed by atoms with Crippen molar-refractivity contribution in [1.82, 2.24) is 9.91 Å². The van der Waals surface area contributed by atoms with E-state index in [1.165, 1.54) is 11.1 Å². The van der Waals surface area contributed by atoms with Gasteiger partial charge in [0.2, 0.25) is 5.91 Å². The van der Waals surface area contributed by atoms with Gasteiger partial charge in [0, 0.05) is 19.4 Å². The molecule has 1 aliphatic heterocycles. The van der Waals surface area contributed by atoms with Gasteiger partial charge in [0.15, 0.2) is 0 Å². The lowest BCUT2D eigenvalue weighted by atomic mass is 9.84. The fourth-order valence-electron chi connectivity index (χ4n) is 4.09. The third-order valence-electron chi connectivity index (χ3n) is 6.39. The van der Waals surface area contributed by atoms with E-state index in [-0.39, 0.29) is 30.3 Å². The fraction of sp³-hybridized carbons (Fsp3) is 0.400. The zero-order valence-electron chi connectivity index (χ0n) is 18.0. The van der Waals surface area contributed by atoms with Gasteiger partial charge in [-0.3, -0.25) is 9.59 Å². The van der Waals surface area contributed by atoms with Gasteiger partial charge in [0.05, 0.1) is 11.8 Å². The molecule has 156 valence electrons. The minimum Gasteiger partial charge on any atom is -0.336 e. The number of carbonyl (C=O) groups excluding carboxylic acids is 2. The standard InChI is InChI=1S/C25H29N3O2/c1-17-12-13-21(14-18(17)2)22-15-23(19-8-5-4-6-9-19)28(26-22)24(29)16-27(3)25(30)20-10-7-11-20/h4-6,8-9,12-14,20,23H,7,10-11,15-16H2,1-3H3/t23-/m1/s1. The van der Waals surface area contributed by atoms with Crippen LogP contribution in [0.3, 0.4) is 0 Å². The highest BCUT2D eigenvalue weighted by molar-refractivity contribution is 6.03. The van der Waals surface area contributed by atoms with Gasteiger partial charge in [0.25, 0.3) is 5.91 Å². The molecule has 4 rings (SSSR count). The number of benzene rings is 2. The van der Waals surface area contributed by atoms with Gasteiger partial charge in [0.1, 0.15) is 6.54 Å². The van der Waals surface area contributed by atoms with E-state index in [4.69, 9.17) is 5.10 Å². The van der Waals surface area contributed by atoms with Crippen LogP contribution < -0.4 is 0 Å². The van der Waals surface area contributed by atoms with Crippen molar-refractivity contribution in [2.24, 2.45) is 11.0 Å². The average Bonchev–Trinajstić information content (AvgIpc) is 3.15. The summed E-state index contributed by atoms with van der Waals surface area (Å²) in [6.07, 6.45) is 3.63. The molecule has 1 fully saturated rings. The highest BCUT2D eigenvalue weighted by Gasteiger charge is 2.35. The molecule has 0 unspecified atom stereocenters. The number of amides is 2. The van der Waals surface area contributed by atoms with Gasteiger partial charge in [-0.25, -0.2) is 5.01 Å². The van der Waals surface area contributed by atoms with E-state index in [1.807, 2.05) is 30.3 Å². The van der Waals surface area contributed by atoms with Crippen LogP contribution in [0.5, 0.6) is 0 Å². The van der Waals surface area contributed by atoms with E-state index in [2.05, 4.69) is 32.0 Å². The summed E-state index contributed by atoms with van der Waals surface area (Å²) in [7, 11) is 1.72. The Hall–Kier alpha value is -2.95. The van der Waals surface area contributed by atoms with Crippen molar-refractivity contribution >= 4 is 17.5 Å². The highest BCUT2D eigenvalue weighted by atomic mass is 16.2. The molecule has 30 heavy (non-hydrogen) atoms. The topological polar surface area (TPSA) is 53.0 Å². The Kier molecular flexibility index (Phi) is 5.71. The van der Waals surface area contributed by atoms with Crippen LogP contribution in [0.25, 0.3) is 0 Å². The van der Waals surface area contributed by atoms with Gasteiger partial charge in [-0.15, -0.1) is 0 Å². The van der Waals surface area contributed by atoms with Gasteiger partial charge in [-0.2, -0.15) is 5.10 Å². The lowest BCUT2D eigenvalue weighted by Gasteiger charge is -2.30. The van der Waals surface area contributed by atoms with Crippen LogP contribution in [-0.2, 0) is 9.59 Å². The summed E-state index contributed by atoms with van der Waals surface area (Å²) in [5, 5.41) is 6.33. The van der Waals surface area contributed by atoms with Crippen LogP contribution in [-0.4, -0.2) is 41.0 Å². The summed E-state index contributed by atoms with van der Waals surface area (Å²) in [6, 6.07) is 16.2. The van der Waals surface area contributed by atoms with Gasteiger partial charge < -0.3 is 4.90 Å². The quantitative estimate of drug-likeness (QED) is 0.750. The number of nitrogens with zero attached hydrogens (tertiary/aromatic N) is 3. The SMILES string of the molecule is Cc1ccc(C2=NN(C(=O)CN(C)C(=O)C3CCC3)[C@@H](c3ccccc3)C2)cc1C. The van der Waals surface area contributed by atoms with Crippen LogP contribution >= 0.6 is 0 Å².